The number of hydrogen-bond acceptors (Lipinski definition) is 1. The van der Waals surface area contributed by atoms with Gasteiger partial charge in [0.25, 0.3) is 0 Å². The Kier molecular flexibility index (Phi) is 5.74. The van der Waals surface area contributed by atoms with E-state index in [9.17, 15) is 0 Å². The molecule has 1 aliphatic heterocycles. The fourth-order valence-electron chi connectivity index (χ4n) is 3.98. The van der Waals surface area contributed by atoms with Gasteiger partial charge in [-0.25, -0.2) is 0 Å². The average molecular weight is 277 g/mol. The highest BCUT2D eigenvalue weighted by molar-refractivity contribution is 7.80. The van der Waals surface area contributed by atoms with Crippen molar-refractivity contribution >= 4 is 25.1 Å². The Morgan fingerprint density at radius 1 is 1.11 bits per heavy atom. The van der Waals surface area contributed by atoms with Gasteiger partial charge in [-0.15, -0.1) is 0 Å². The molecule has 0 spiro atoms. The van der Waals surface area contributed by atoms with Crippen molar-refractivity contribution in [3.8, 4) is 0 Å². The Bertz CT molecular complexity index is 305. The lowest BCUT2D eigenvalue weighted by molar-refractivity contribution is 0.139. The van der Waals surface area contributed by atoms with Crippen LogP contribution in [0.3, 0.4) is 0 Å². The van der Waals surface area contributed by atoms with Crippen LogP contribution in [0.15, 0.2) is 0 Å². The summed E-state index contributed by atoms with van der Waals surface area (Å²) in [6.45, 7) is 4.57. The van der Waals surface area contributed by atoms with Gasteiger partial charge in [-0.3, -0.25) is 0 Å². The van der Waals surface area contributed by atoms with Gasteiger partial charge in [0.15, 0.2) is 0 Å². The summed E-state index contributed by atoms with van der Waals surface area (Å²) in [5, 5.41) is 0. The van der Waals surface area contributed by atoms with Crippen molar-refractivity contribution in [2.45, 2.75) is 89.5 Å². The quantitative estimate of drug-likeness (QED) is 0.512. The first-order valence-corrected chi connectivity index (χ1v) is 8.57. The zero-order valence-electron chi connectivity index (χ0n) is 12.6. The van der Waals surface area contributed by atoms with Gasteiger partial charge in [0.2, 0.25) is 0 Å². The lowest BCUT2D eigenvalue weighted by atomic mass is 9.71. The van der Waals surface area contributed by atoms with E-state index in [4.69, 9.17) is 20.1 Å². The number of thiocarbonyl (C=S) groups is 1. The minimum atomic E-state index is 0.409. The second kappa shape index (κ2) is 7.10. The van der Waals surface area contributed by atoms with E-state index in [1.165, 1.54) is 56.4 Å². The van der Waals surface area contributed by atoms with Crippen LogP contribution >= 0.6 is 12.2 Å². The Labute approximate surface area is 125 Å². The molecule has 106 valence electrons. The molecule has 0 N–H and O–H groups in total. The molecule has 2 radical (unpaired) electrons. The van der Waals surface area contributed by atoms with Gasteiger partial charge in [0.1, 0.15) is 0 Å². The topological polar surface area (TPSA) is 3.24 Å². The van der Waals surface area contributed by atoms with Crippen LogP contribution in [-0.2, 0) is 0 Å². The van der Waals surface area contributed by atoms with Gasteiger partial charge in [-0.05, 0) is 39.0 Å². The molecule has 1 heterocycles. The maximum absolute atomic E-state index is 6.34. The first-order valence-electron chi connectivity index (χ1n) is 8.16. The molecule has 1 saturated carbocycles. The largest absolute Gasteiger partial charge is 0.360 e. The van der Waals surface area contributed by atoms with Crippen molar-refractivity contribution in [3.63, 3.8) is 0 Å². The molecular formula is C16H28BNS. The van der Waals surface area contributed by atoms with Crippen LogP contribution in [0.25, 0.3) is 0 Å². The molecule has 3 unspecified atom stereocenters. The van der Waals surface area contributed by atoms with Crippen LogP contribution in [0.1, 0.15) is 71.6 Å². The van der Waals surface area contributed by atoms with E-state index >= 15 is 0 Å². The molecule has 2 aliphatic rings. The zero-order valence-corrected chi connectivity index (χ0v) is 13.4. The first-order chi connectivity index (χ1) is 9.09. The third-order valence-corrected chi connectivity index (χ3v) is 5.32. The van der Waals surface area contributed by atoms with Crippen molar-refractivity contribution in [1.82, 2.24) is 4.90 Å². The average Bonchev–Trinajstić information content (AvgIpc) is 2.36. The highest BCUT2D eigenvalue weighted by Crippen LogP contribution is 2.37. The molecule has 2 rings (SSSR count). The molecule has 0 aromatic rings. The minimum absolute atomic E-state index is 0.409. The third kappa shape index (κ3) is 3.96. The molecule has 3 atom stereocenters. The molecule has 1 saturated heterocycles. The summed E-state index contributed by atoms with van der Waals surface area (Å²) >= 11 is 5.63. The summed E-state index contributed by atoms with van der Waals surface area (Å²) in [6.07, 6.45) is 11.5. The second-order valence-electron chi connectivity index (χ2n) is 6.75. The Morgan fingerprint density at radius 3 is 2.47 bits per heavy atom. The molecule has 0 bridgehead atoms. The maximum Gasteiger partial charge on any atom is 0.0784 e. The molecule has 0 aromatic heterocycles. The first kappa shape index (κ1) is 15.3. The van der Waals surface area contributed by atoms with Crippen molar-refractivity contribution < 1.29 is 0 Å². The number of piperidine rings is 1. The van der Waals surface area contributed by atoms with Crippen LogP contribution in [-0.4, -0.2) is 29.8 Å². The number of likely N-dealkylation sites (tertiary alicyclic amines) is 1. The van der Waals surface area contributed by atoms with Gasteiger partial charge < -0.3 is 4.90 Å². The SMILES string of the molecule is [B]C1CCCCCCC2C(CCC(=S)N2C(C)C)C1. The summed E-state index contributed by atoms with van der Waals surface area (Å²) in [5.74, 6) is 1.17. The third-order valence-electron chi connectivity index (χ3n) is 4.91. The molecule has 2 fully saturated rings. The maximum atomic E-state index is 6.34. The van der Waals surface area contributed by atoms with E-state index in [1.807, 2.05) is 0 Å². The number of hydrogen-bond donors (Lipinski definition) is 0. The predicted molar refractivity (Wildman–Crippen MR) is 87.9 cm³/mol. The van der Waals surface area contributed by atoms with E-state index < -0.39 is 0 Å². The summed E-state index contributed by atoms with van der Waals surface area (Å²) < 4.78 is 0. The molecule has 0 amide bonds. The van der Waals surface area contributed by atoms with Gasteiger partial charge in [-0.2, -0.15) is 0 Å². The smallest absolute Gasteiger partial charge is 0.0784 e. The Hall–Kier alpha value is -0.0451. The standard InChI is InChI=1S/C16H28BNS/c1-12(2)18-15-8-6-4-3-5-7-14(17)11-13(15)9-10-16(18)19/h12-15H,3-11H2,1-2H3. The van der Waals surface area contributed by atoms with Crippen molar-refractivity contribution in [3.05, 3.63) is 0 Å². The van der Waals surface area contributed by atoms with E-state index in [0.29, 0.717) is 17.9 Å². The van der Waals surface area contributed by atoms with E-state index in [2.05, 4.69) is 18.7 Å². The Morgan fingerprint density at radius 2 is 1.79 bits per heavy atom. The highest BCUT2D eigenvalue weighted by atomic mass is 32.1. The van der Waals surface area contributed by atoms with Gasteiger partial charge in [-0.1, -0.05) is 56.6 Å². The van der Waals surface area contributed by atoms with Crippen molar-refractivity contribution in [2.24, 2.45) is 5.92 Å². The second-order valence-corrected chi connectivity index (χ2v) is 7.22. The molecule has 1 aliphatic carbocycles. The lowest BCUT2D eigenvalue weighted by Crippen LogP contribution is -2.51. The van der Waals surface area contributed by atoms with Crippen LogP contribution in [0, 0.1) is 5.92 Å². The van der Waals surface area contributed by atoms with Crippen molar-refractivity contribution in [2.75, 3.05) is 0 Å². The summed E-state index contributed by atoms with van der Waals surface area (Å²) in [7, 11) is 6.34. The lowest BCUT2D eigenvalue weighted by Gasteiger charge is -2.46. The molecule has 1 nitrogen and oxygen atoms in total. The summed E-state index contributed by atoms with van der Waals surface area (Å²) in [6, 6.07) is 1.20. The summed E-state index contributed by atoms with van der Waals surface area (Å²) in [4.78, 5) is 3.74. The normalized spacial score (nSPS) is 34.2. The van der Waals surface area contributed by atoms with Crippen LogP contribution in [0.5, 0.6) is 0 Å². The van der Waals surface area contributed by atoms with Gasteiger partial charge in [0.05, 0.1) is 12.8 Å². The van der Waals surface area contributed by atoms with Crippen LogP contribution < -0.4 is 0 Å². The van der Waals surface area contributed by atoms with Crippen LogP contribution in [0.2, 0.25) is 5.82 Å². The molecule has 0 aromatic carbocycles. The molecule has 3 heteroatoms. The molecule has 19 heavy (non-hydrogen) atoms. The van der Waals surface area contributed by atoms with E-state index in [0.717, 1.165) is 12.3 Å². The Balaban J connectivity index is 2.12. The predicted octanol–water partition coefficient (Wildman–Crippen LogP) is 4.50. The number of rotatable bonds is 1. The minimum Gasteiger partial charge on any atom is -0.360 e. The number of nitrogens with zero attached hydrogens (tertiary/aromatic N) is 1. The van der Waals surface area contributed by atoms with E-state index in [1.54, 1.807) is 0 Å². The monoisotopic (exact) mass is 277 g/mol. The van der Waals surface area contributed by atoms with Crippen LogP contribution in [0.4, 0.5) is 0 Å². The van der Waals surface area contributed by atoms with E-state index in [-0.39, 0.29) is 0 Å². The zero-order chi connectivity index (χ0) is 13.8. The van der Waals surface area contributed by atoms with Gasteiger partial charge >= 0.3 is 0 Å². The number of fused-ring (bicyclic) bond motifs is 1. The van der Waals surface area contributed by atoms with Crippen molar-refractivity contribution in [1.29, 1.82) is 0 Å². The summed E-state index contributed by atoms with van der Waals surface area (Å²) in [5.41, 5.74) is 0. The molecular weight excluding hydrogens is 249 g/mol. The van der Waals surface area contributed by atoms with Gasteiger partial charge in [0, 0.05) is 12.1 Å². The highest BCUT2D eigenvalue weighted by Gasteiger charge is 2.35. The fraction of sp³-hybridized carbons (Fsp3) is 0.938. The fourth-order valence-corrected chi connectivity index (χ4v) is 4.45.